The van der Waals surface area contributed by atoms with E-state index in [0.29, 0.717) is 23.7 Å². The van der Waals surface area contributed by atoms with E-state index in [2.05, 4.69) is 22.8 Å². The predicted octanol–water partition coefficient (Wildman–Crippen LogP) is 3.00. The van der Waals surface area contributed by atoms with Gasteiger partial charge in [0.2, 0.25) is 0 Å². The van der Waals surface area contributed by atoms with E-state index in [4.69, 9.17) is 21.1 Å². The zero-order valence-corrected chi connectivity index (χ0v) is 15.3. The van der Waals surface area contributed by atoms with E-state index in [-0.39, 0.29) is 10.7 Å². The van der Waals surface area contributed by atoms with Crippen LogP contribution in [0.2, 0.25) is 5.15 Å². The molecule has 2 amide bonds. The Morgan fingerprint density at radius 3 is 2.38 bits per heavy atom. The lowest BCUT2D eigenvalue weighted by atomic mass is 10.2. The van der Waals surface area contributed by atoms with Gasteiger partial charge in [0, 0.05) is 11.8 Å². The number of hydrogen-bond donors (Lipinski definition) is 2. The second kappa shape index (κ2) is 9.62. The molecular weight excluding hydrogens is 358 g/mol. The highest BCUT2D eigenvalue weighted by atomic mass is 35.5. The number of hydrazine groups is 1. The van der Waals surface area contributed by atoms with Crippen LogP contribution in [0.3, 0.4) is 0 Å². The third kappa shape index (κ3) is 5.35. The molecule has 7 nitrogen and oxygen atoms in total. The summed E-state index contributed by atoms with van der Waals surface area (Å²) in [6, 6.07) is 7.79. The molecule has 0 aliphatic rings. The normalized spacial score (nSPS) is 10.1. The van der Waals surface area contributed by atoms with Crippen molar-refractivity contribution in [3.05, 3.63) is 52.8 Å². The van der Waals surface area contributed by atoms with Crippen molar-refractivity contribution in [3.63, 3.8) is 0 Å². The molecule has 0 atom stereocenters. The molecule has 0 saturated carbocycles. The highest BCUT2D eigenvalue weighted by Crippen LogP contribution is 2.28. The molecule has 1 aromatic heterocycles. The summed E-state index contributed by atoms with van der Waals surface area (Å²) >= 11 is 5.67. The fourth-order valence-electron chi connectivity index (χ4n) is 2.02. The molecule has 0 fully saturated rings. The molecule has 1 heterocycles. The lowest BCUT2D eigenvalue weighted by Gasteiger charge is -2.12. The maximum absolute atomic E-state index is 12.2. The SMILES string of the molecule is CCCCOc1ccc(C(=O)NNC(=O)c2ccc(Cl)nc2)cc1OC. The van der Waals surface area contributed by atoms with Gasteiger partial charge in [-0.25, -0.2) is 4.98 Å². The fourth-order valence-corrected chi connectivity index (χ4v) is 2.13. The number of halogens is 1. The van der Waals surface area contributed by atoms with E-state index in [1.54, 1.807) is 18.2 Å². The van der Waals surface area contributed by atoms with Crippen molar-refractivity contribution in [1.82, 2.24) is 15.8 Å². The number of carbonyl (C=O) groups is 2. The number of pyridine rings is 1. The maximum atomic E-state index is 12.2. The van der Waals surface area contributed by atoms with Gasteiger partial charge in [0.15, 0.2) is 11.5 Å². The molecule has 1 aromatic carbocycles. The second-order valence-corrected chi connectivity index (χ2v) is 5.73. The summed E-state index contributed by atoms with van der Waals surface area (Å²) in [6.07, 6.45) is 3.26. The summed E-state index contributed by atoms with van der Waals surface area (Å²) in [4.78, 5) is 28.0. The van der Waals surface area contributed by atoms with E-state index >= 15 is 0 Å². The van der Waals surface area contributed by atoms with Crippen LogP contribution in [-0.4, -0.2) is 30.5 Å². The van der Waals surface area contributed by atoms with Gasteiger partial charge >= 0.3 is 0 Å². The van der Waals surface area contributed by atoms with Gasteiger partial charge in [-0.05, 0) is 36.8 Å². The number of nitrogens with one attached hydrogen (secondary N) is 2. The van der Waals surface area contributed by atoms with Crippen LogP contribution < -0.4 is 20.3 Å². The molecule has 0 saturated heterocycles. The van der Waals surface area contributed by atoms with Crippen LogP contribution in [0.25, 0.3) is 0 Å². The summed E-state index contributed by atoms with van der Waals surface area (Å²) in [6.45, 7) is 2.64. The Bertz CT molecular complexity index is 766. The summed E-state index contributed by atoms with van der Waals surface area (Å²) in [5.74, 6) is 0.0171. The molecule has 2 N–H and O–H groups in total. The number of amides is 2. The first-order valence-corrected chi connectivity index (χ1v) is 8.46. The van der Waals surface area contributed by atoms with Gasteiger partial charge in [0.1, 0.15) is 5.15 Å². The van der Waals surface area contributed by atoms with Gasteiger partial charge in [-0.3, -0.25) is 20.4 Å². The van der Waals surface area contributed by atoms with E-state index in [9.17, 15) is 9.59 Å². The average molecular weight is 378 g/mol. The molecule has 2 rings (SSSR count). The molecule has 0 aliphatic heterocycles. The van der Waals surface area contributed by atoms with Crippen molar-refractivity contribution in [2.75, 3.05) is 13.7 Å². The Hall–Kier alpha value is -2.80. The zero-order chi connectivity index (χ0) is 18.9. The van der Waals surface area contributed by atoms with Crippen LogP contribution in [0, 0.1) is 0 Å². The van der Waals surface area contributed by atoms with Crippen molar-refractivity contribution >= 4 is 23.4 Å². The van der Waals surface area contributed by atoms with Gasteiger partial charge in [0.05, 0.1) is 19.3 Å². The Morgan fingerprint density at radius 2 is 1.77 bits per heavy atom. The summed E-state index contributed by atoms with van der Waals surface area (Å²) < 4.78 is 10.9. The minimum atomic E-state index is -0.506. The molecule has 138 valence electrons. The number of benzene rings is 1. The minimum absolute atomic E-state index is 0.270. The molecule has 0 spiro atoms. The van der Waals surface area contributed by atoms with E-state index in [1.807, 2.05) is 0 Å². The van der Waals surface area contributed by atoms with E-state index in [1.165, 1.54) is 25.4 Å². The molecule has 2 aromatic rings. The Balaban J connectivity index is 1.98. The van der Waals surface area contributed by atoms with Crippen molar-refractivity contribution in [1.29, 1.82) is 0 Å². The van der Waals surface area contributed by atoms with Crippen LogP contribution in [0.15, 0.2) is 36.5 Å². The van der Waals surface area contributed by atoms with Gasteiger partial charge in [-0.1, -0.05) is 24.9 Å². The van der Waals surface area contributed by atoms with Crippen molar-refractivity contribution in [2.45, 2.75) is 19.8 Å². The third-order valence-corrected chi connectivity index (χ3v) is 3.68. The maximum Gasteiger partial charge on any atom is 0.271 e. The van der Waals surface area contributed by atoms with Crippen LogP contribution in [0.4, 0.5) is 0 Å². The predicted molar refractivity (Wildman–Crippen MR) is 97.6 cm³/mol. The summed E-state index contributed by atoms with van der Waals surface area (Å²) in [5, 5.41) is 0.277. The number of nitrogens with zero attached hydrogens (tertiary/aromatic N) is 1. The number of hydrogen-bond acceptors (Lipinski definition) is 5. The fraction of sp³-hybridized carbons (Fsp3) is 0.278. The quantitative estimate of drug-likeness (QED) is 0.440. The number of methoxy groups -OCH3 is 1. The van der Waals surface area contributed by atoms with E-state index < -0.39 is 11.8 Å². The van der Waals surface area contributed by atoms with E-state index in [0.717, 1.165) is 12.8 Å². The number of ether oxygens (including phenoxy) is 2. The van der Waals surface area contributed by atoms with Gasteiger partial charge in [-0.15, -0.1) is 0 Å². The summed E-state index contributed by atoms with van der Waals surface area (Å²) in [7, 11) is 1.50. The standard InChI is InChI=1S/C18H20ClN3O4/c1-3-4-9-26-14-7-5-12(10-15(14)25-2)17(23)21-22-18(24)13-6-8-16(19)20-11-13/h5-8,10-11H,3-4,9H2,1-2H3,(H,21,23)(H,22,24). The number of rotatable bonds is 7. The molecule has 0 unspecified atom stereocenters. The average Bonchev–Trinajstić information content (AvgIpc) is 2.66. The summed E-state index contributed by atoms with van der Waals surface area (Å²) in [5.41, 5.74) is 5.25. The van der Waals surface area contributed by atoms with Gasteiger partial charge < -0.3 is 9.47 Å². The number of aromatic nitrogens is 1. The van der Waals surface area contributed by atoms with Crippen molar-refractivity contribution in [2.24, 2.45) is 0 Å². The van der Waals surface area contributed by atoms with Crippen LogP contribution in [0.1, 0.15) is 40.5 Å². The molecular formula is C18H20ClN3O4. The third-order valence-electron chi connectivity index (χ3n) is 3.46. The molecule has 0 bridgehead atoms. The van der Waals surface area contributed by atoms with Crippen molar-refractivity contribution in [3.8, 4) is 11.5 Å². The van der Waals surface area contributed by atoms with Gasteiger partial charge in [0.25, 0.3) is 11.8 Å². The Kier molecular flexibility index (Phi) is 7.23. The monoisotopic (exact) mass is 377 g/mol. The highest BCUT2D eigenvalue weighted by molar-refractivity contribution is 6.29. The molecule has 26 heavy (non-hydrogen) atoms. The smallest absolute Gasteiger partial charge is 0.271 e. The Labute approximate surface area is 156 Å². The number of unbranched alkanes of at least 4 members (excludes halogenated alkanes) is 1. The van der Waals surface area contributed by atoms with Crippen LogP contribution in [-0.2, 0) is 0 Å². The molecule has 8 heteroatoms. The number of carbonyl (C=O) groups excluding carboxylic acids is 2. The second-order valence-electron chi connectivity index (χ2n) is 5.35. The largest absolute Gasteiger partial charge is 0.493 e. The zero-order valence-electron chi connectivity index (χ0n) is 14.5. The Morgan fingerprint density at radius 1 is 1.08 bits per heavy atom. The van der Waals surface area contributed by atoms with Crippen LogP contribution in [0.5, 0.6) is 11.5 Å². The first-order valence-electron chi connectivity index (χ1n) is 8.08. The minimum Gasteiger partial charge on any atom is -0.493 e. The molecule has 0 radical (unpaired) electrons. The molecule has 0 aliphatic carbocycles. The lowest BCUT2D eigenvalue weighted by Crippen LogP contribution is -2.41. The van der Waals surface area contributed by atoms with Crippen LogP contribution >= 0.6 is 11.6 Å². The first kappa shape index (κ1) is 19.5. The highest BCUT2D eigenvalue weighted by Gasteiger charge is 2.13. The van der Waals surface area contributed by atoms with Gasteiger partial charge in [-0.2, -0.15) is 0 Å². The first-order chi connectivity index (χ1) is 12.5. The topological polar surface area (TPSA) is 89.6 Å². The van der Waals surface area contributed by atoms with Crippen molar-refractivity contribution < 1.29 is 19.1 Å². The lowest BCUT2D eigenvalue weighted by molar-refractivity contribution is 0.0846.